The van der Waals surface area contributed by atoms with Gasteiger partial charge in [-0.2, -0.15) is 11.8 Å². The van der Waals surface area contributed by atoms with E-state index in [9.17, 15) is 9.90 Å². The smallest absolute Gasteiger partial charge is 0.228 e. The number of carbonyl (C=O) groups is 1. The van der Waals surface area contributed by atoms with Gasteiger partial charge in [0.25, 0.3) is 0 Å². The fraction of sp³-hybridized carbons (Fsp3) is 0.417. The van der Waals surface area contributed by atoms with Gasteiger partial charge in [-0.1, -0.05) is 6.07 Å². The van der Waals surface area contributed by atoms with Crippen LogP contribution >= 0.6 is 11.8 Å². The number of aryl methyl sites for hydroxylation is 1. The van der Waals surface area contributed by atoms with E-state index in [4.69, 9.17) is 0 Å². The largest absolute Gasteiger partial charge is 0.508 e. The van der Waals surface area contributed by atoms with Gasteiger partial charge in [0.15, 0.2) is 0 Å². The van der Waals surface area contributed by atoms with Crippen molar-refractivity contribution in [1.82, 2.24) is 0 Å². The zero-order valence-electron chi connectivity index (χ0n) is 9.19. The van der Waals surface area contributed by atoms with Crippen molar-refractivity contribution in [2.24, 2.45) is 5.92 Å². The number of nitrogens with one attached hydrogen (secondary N) is 1. The van der Waals surface area contributed by atoms with Gasteiger partial charge < -0.3 is 10.4 Å². The number of amides is 1. The van der Waals surface area contributed by atoms with Crippen LogP contribution in [0.25, 0.3) is 0 Å². The molecule has 86 valence electrons. The van der Waals surface area contributed by atoms with E-state index in [0.717, 1.165) is 23.5 Å². The Bertz CT molecular complexity index is 400. The maximum Gasteiger partial charge on any atom is 0.228 e. The Labute approximate surface area is 99.2 Å². The number of anilines is 1. The Morgan fingerprint density at radius 2 is 2.38 bits per heavy atom. The Kier molecular flexibility index (Phi) is 3.39. The predicted octanol–water partition coefficient (Wildman–Crippen LogP) is 2.39. The third kappa shape index (κ3) is 2.50. The molecule has 3 nitrogen and oxygen atoms in total. The third-order valence-electron chi connectivity index (χ3n) is 2.78. The molecular formula is C12H15NO2S. The van der Waals surface area contributed by atoms with Gasteiger partial charge in [0.1, 0.15) is 5.75 Å². The lowest BCUT2D eigenvalue weighted by Gasteiger charge is -2.10. The normalized spacial score (nSPS) is 19.7. The van der Waals surface area contributed by atoms with E-state index in [1.807, 2.05) is 24.8 Å². The number of hydrogen-bond donors (Lipinski definition) is 2. The first kappa shape index (κ1) is 11.3. The van der Waals surface area contributed by atoms with Crippen LogP contribution in [0.2, 0.25) is 0 Å². The molecule has 1 aromatic rings. The minimum atomic E-state index is 0.0632. The van der Waals surface area contributed by atoms with E-state index in [1.165, 1.54) is 0 Å². The van der Waals surface area contributed by atoms with E-state index in [2.05, 4.69) is 5.32 Å². The second kappa shape index (κ2) is 4.78. The lowest BCUT2D eigenvalue weighted by molar-refractivity contribution is -0.119. The van der Waals surface area contributed by atoms with Gasteiger partial charge in [0, 0.05) is 23.4 Å². The summed E-state index contributed by atoms with van der Waals surface area (Å²) in [4.78, 5) is 11.8. The molecule has 0 radical (unpaired) electrons. The van der Waals surface area contributed by atoms with Gasteiger partial charge in [-0.15, -0.1) is 0 Å². The molecule has 0 aromatic heterocycles. The quantitative estimate of drug-likeness (QED) is 0.830. The maximum absolute atomic E-state index is 11.8. The summed E-state index contributed by atoms with van der Waals surface area (Å²) >= 11 is 1.82. The molecule has 0 saturated carbocycles. The summed E-state index contributed by atoms with van der Waals surface area (Å²) in [7, 11) is 0. The minimum Gasteiger partial charge on any atom is -0.508 e. The first-order valence-corrected chi connectivity index (χ1v) is 6.50. The molecule has 0 bridgehead atoms. The summed E-state index contributed by atoms with van der Waals surface area (Å²) in [6, 6.07) is 5.21. The van der Waals surface area contributed by atoms with Gasteiger partial charge in [-0.25, -0.2) is 0 Å². The highest BCUT2D eigenvalue weighted by Gasteiger charge is 2.23. The van der Waals surface area contributed by atoms with Crippen molar-refractivity contribution in [2.45, 2.75) is 13.3 Å². The summed E-state index contributed by atoms with van der Waals surface area (Å²) in [5, 5.41) is 12.4. The molecule has 1 unspecified atom stereocenters. The highest BCUT2D eigenvalue weighted by Crippen LogP contribution is 2.26. The van der Waals surface area contributed by atoms with Crippen LogP contribution in [-0.2, 0) is 4.79 Å². The number of rotatable bonds is 2. The fourth-order valence-electron chi connectivity index (χ4n) is 1.67. The molecule has 1 fully saturated rings. The van der Waals surface area contributed by atoms with Crippen molar-refractivity contribution in [2.75, 3.05) is 16.8 Å². The fourth-order valence-corrected chi connectivity index (χ4v) is 2.89. The number of benzene rings is 1. The number of carbonyl (C=O) groups excluding carboxylic acids is 1. The van der Waals surface area contributed by atoms with Gasteiger partial charge in [0.2, 0.25) is 5.91 Å². The molecule has 1 atom stereocenters. The van der Waals surface area contributed by atoms with Crippen LogP contribution in [0.4, 0.5) is 5.69 Å². The molecular weight excluding hydrogens is 222 g/mol. The number of thioether (sulfide) groups is 1. The zero-order chi connectivity index (χ0) is 11.5. The molecule has 0 spiro atoms. The SMILES string of the molecule is Cc1ccc(NC(=O)C2CCSC2)cc1O. The second-order valence-electron chi connectivity index (χ2n) is 4.05. The summed E-state index contributed by atoms with van der Waals surface area (Å²) < 4.78 is 0. The second-order valence-corrected chi connectivity index (χ2v) is 5.20. The molecule has 16 heavy (non-hydrogen) atoms. The molecule has 1 aromatic carbocycles. The molecule has 1 aliphatic heterocycles. The Morgan fingerprint density at radius 3 is 3.00 bits per heavy atom. The van der Waals surface area contributed by atoms with Crippen molar-refractivity contribution in [1.29, 1.82) is 0 Å². The highest BCUT2D eigenvalue weighted by molar-refractivity contribution is 7.99. The number of aromatic hydroxyl groups is 1. The minimum absolute atomic E-state index is 0.0632. The molecule has 1 amide bonds. The van der Waals surface area contributed by atoms with Crippen LogP contribution in [-0.4, -0.2) is 22.5 Å². The lowest BCUT2D eigenvalue weighted by atomic mass is 10.1. The average Bonchev–Trinajstić information content (AvgIpc) is 2.77. The topological polar surface area (TPSA) is 49.3 Å². The van der Waals surface area contributed by atoms with Crippen molar-refractivity contribution >= 4 is 23.4 Å². The van der Waals surface area contributed by atoms with Gasteiger partial charge >= 0.3 is 0 Å². The Morgan fingerprint density at radius 1 is 1.56 bits per heavy atom. The van der Waals surface area contributed by atoms with Gasteiger partial charge in [-0.3, -0.25) is 4.79 Å². The summed E-state index contributed by atoms with van der Waals surface area (Å²) in [6.45, 7) is 1.83. The van der Waals surface area contributed by atoms with Crippen molar-refractivity contribution in [3.63, 3.8) is 0 Å². The zero-order valence-corrected chi connectivity index (χ0v) is 10.0. The maximum atomic E-state index is 11.8. The highest BCUT2D eigenvalue weighted by atomic mass is 32.2. The summed E-state index contributed by atoms with van der Waals surface area (Å²) in [5.41, 5.74) is 1.49. The van der Waals surface area contributed by atoms with Crippen LogP contribution in [0, 0.1) is 12.8 Å². The van der Waals surface area contributed by atoms with Gasteiger partial charge in [-0.05, 0) is 30.7 Å². The van der Waals surface area contributed by atoms with Crippen LogP contribution in [0.5, 0.6) is 5.75 Å². The van der Waals surface area contributed by atoms with Crippen LogP contribution in [0.15, 0.2) is 18.2 Å². The molecule has 4 heteroatoms. The van der Waals surface area contributed by atoms with Crippen molar-refractivity contribution in [3.8, 4) is 5.75 Å². The average molecular weight is 237 g/mol. The van der Waals surface area contributed by atoms with Crippen molar-refractivity contribution < 1.29 is 9.90 Å². The Hall–Kier alpha value is -1.16. The van der Waals surface area contributed by atoms with Crippen LogP contribution < -0.4 is 5.32 Å². The molecule has 1 saturated heterocycles. The number of phenolic OH excluding ortho intramolecular Hbond substituents is 1. The number of hydrogen-bond acceptors (Lipinski definition) is 3. The van der Waals surface area contributed by atoms with Crippen molar-refractivity contribution in [3.05, 3.63) is 23.8 Å². The van der Waals surface area contributed by atoms with E-state index < -0.39 is 0 Å². The first-order valence-electron chi connectivity index (χ1n) is 5.35. The van der Waals surface area contributed by atoms with Gasteiger partial charge in [0.05, 0.1) is 0 Å². The van der Waals surface area contributed by atoms with E-state index in [-0.39, 0.29) is 17.6 Å². The molecule has 0 aliphatic carbocycles. The van der Waals surface area contributed by atoms with Crippen LogP contribution in [0.1, 0.15) is 12.0 Å². The first-order chi connectivity index (χ1) is 7.66. The van der Waals surface area contributed by atoms with E-state index >= 15 is 0 Å². The summed E-state index contributed by atoms with van der Waals surface area (Å²) in [5.74, 6) is 2.38. The number of phenols is 1. The lowest BCUT2D eigenvalue weighted by Crippen LogP contribution is -2.22. The van der Waals surface area contributed by atoms with Crippen LogP contribution in [0.3, 0.4) is 0 Å². The molecule has 1 heterocycles. The molecule has 2 rings (SSSR count). The monoisotopic (exact) mass is 237 g/mol. The molecule has 2 N–H and O–H groups in total. The summed E-state index contributed by atoms with van der Waals surface area (Å²) in [6.07, 6.45) is 0.953. The molecule has 1 aliphatic rings. The Balaban J connectivity index is 2.02. The standard InChI is InChI=1S/C12H15NO2S/c1-8-2-3-10(6-11(8)14)13-12(15)9-4-5-16-7-9/h2-3,6,9,14H,4-5,7H2,1H3,(H,13,15). The van der Waals surface area contributed by atoms with E-state index in [1.54, 1.807) is 12.1 Å². The van der Waals surface area contributed by atoms with E-state index in [0.29, 0.717) is 5.69 Å². The predicted molar refractivity (Wildman–Crippen MR) is 66.9 cm³/mol. The third-order valence-corrected chi connectivity index (χ3v) is 3.94.